The molecule has 0 radical (unpaired) electrons. The molecule has 3 rings (SSSR count). The van der Waals surface area contributed by atoms with Crippen molar-refractivity contribution < 1.29 is 24.2 Å². The van der Waals surface area contributed by atoms with Crippen LogP contribution in [0.15, 0.2) is 24.5 Å². The monoisotopic (exact) mass is 275 g/mol. The highest BCUT2D eigenvalue weighted by molar-refractivity contribution is 6.10. The first-order valence-electron chi connectivity index (χ1n) is 5.63. The summed E-state index contributed by atoms with van der Waals surface area (Å²) in [4.78, 5) is 29.5. The van der Waals surface area contributed by atoms with Gasteiger partial charge in [-0.05, 0) is 18.2 Å². The number of aromatic hydroxyl groups is 1. The van der Waals surface area contributed by atoms with Gasteiger partial charge < -0.3 is 19.6 Å². The summed E-state index contributed by atoms with van der Waals surface area (Å²) >= 11 is 0. The minimum atomic E-state index is -0.775. The fourth-order valence-electron chi connectivity index (χ4n) is 1.73. The van der Waals surface area contributed by atoms with E-state index in [0.717, 1.165) is 6.33 Å². The summed E-state index contributed by atoms with van der Waals surface area (Å²) in [7, 11) is 0. The van der Waals surface area contributed by atoms with E-state index >= 15 is 0 Å². The second-order valence-electron chi connectivity index (χ2n) is 3.95. The summed E-state index contributed by atoms with van der Waals surface area (Å²) in [5.74, 6) is -0.889. The van der Waals surface area contributed by atoms with E-state index in [4.69, 9.17) is 9.47 Å². The van der Waals surface area contributed by atoms with E-state index in [1.54, 1.807) is 6.07 Å². The second kappa shape index (κ2) is 4.57. The van der Waals surface area contributed by atoms with Gasteiger partial charge in [-0.25, -0.2) is 4.98 Å². The Morgan fingerprint density at radius 2 is 2.05 bits per heavy atom. The van der Waals surface area contributed by atoms with E-state index in [-0.39, 0.29) is 18.1 Å². The highest BCUT2D eigenvalue weighted by Crippen LogP contribution is 2.32. The number of aromatic amines is 1. The molecule has 0 fully saturated rings. The summed E-state index contributed by atoms with van der Waals surface area (Å²) in [6, 6.07) is 4.55. The fraction of sp³-hybridized carbons (Fsp3) is 0.0833. The molecular formula is C12H9N3O5. The molecule has 1 aliphatic rings. The first-order valence-corrected chi connectivity index (χ1v) is 5.63. The van der Waals surface area contributed by atoms with E-state index < -0.39 is 17.7 Å². The van der Waals surface area contributed by atoms with Gasteiger partial charge in [0.05, 0.1) is 6.33 Å². The number of nitrogens with zero attached hydrogens (tertiary/aromatic N) is 1. The van der Waals surface area contributed by atoms with Crippen LogP contribution in [-0.4, -0.2) is 33.7 Å². The number of fused-ring (bicyclic) bond motifs is 1. The molecule has 2 heterocycles. The van der Waals surface area contributed by atoms with Crippen LogP contribution in [0.5, 0.6) is 17.4 Å². The Hall–Kier alpha value is -3.03. The summed E-state index contributed by atoms with van der Waals surface area (Å²) in [6.07, 6.45) is 1.15. The predicted molar refractivity (Wildman–Crippen MR) is 64.6 cm³/mol. The zero-order chi connectivity index (χ0) is 14.1. The molecule has 0 bridgehead atoms. The highest BCUT2D eigenvalue weighted by atomic mass is 16.7. The van der Waals surface area contributed by atoms with E-state index in [1.165, 1.54) is 12.1 Å². The average Bonchev–Trinajstić information content (AvgIpc) is 3.05. The lowest BCUT2D eigenvalue weighted by Crippen LogP contribution is -2.30. The number of imide groups is 1. The van der Waals surface area contributed by atoms with Gasteiger partial charge in [0.1, 0.15) is 0 Å². The number of nitrogens with one attached hydrogen (secondary N) is 2. The van der Waals surface area contributed by atoms with Crippen molar-refractivity contribution in [2.45, 2.75) is 0 Å². The highest BCUT2D eigenvalue weighted by Gasteiger charge is 2.20. The maximum Gasteiger partial charge on any atom is 0.280 e. The van der Waals surface area contributed by atoms with Crippen LogP contribution >= 0.6 is 0 Å². The minimum absolute atomic E-state index is 0.0986. The van der Waals surface area contributed by atoms with Crippen LogP contribution in [0.4, 0.5) is 0 Å². The number of benzene rings is 1. The molecule has 1 aliphatic heterocycles. The first-order chi connectivity index (χ1) is 9.65. The number of aromatic nitrogens is 2. The van der Waals surface area contributed by atoms with Gasteiger partial charge in [0.2, 0.25) is 12.7 Å². The molecule has 2 aromatic rings. The van der Waals surface area contributed by atoms with E-state index in [2.05, 4.69) is 15.3 Å². The standard InChI is InChI=1S/C12H9N3O5/c16-10(15-12(18)9-11(17)14-4-13-9)6-1-2-7-8(3-6)20-5-19-7/h1-4,17H,5H2,(H,13,14)(H,15,16,18). The molecule has 20 heavy (non-hydrogen) atoms. The van der Waals surface area contributed by atoms with Gasteiger partial charge in [0.25, 0.3) is 11.8 Å². The van der Waals surface area contributed by atoms with Crippen molar-refractivity contribution in [3.8, 4) is 17.4 Å². The molecule has 8 heteroatoms. The van der Waals surface area contributed by atoms with Crippen molar-refractivity contribution in [3.63, 3.8) is 0 Å². The zero-order valence-corrected chi connectivity index (χ0v) is 10.0. The summed E-state index contributed by atoms with van der Waals surface area (Å²) < 4.78 is 10.3. The third kappa shape index (κ3) is 2.03. The molecule has 0 aliphatic carbocycles. The van der Waals surface area contributed by atoms with E-state index in [0.29, 0.717) is 11.5 Å². The number of ether oxygens (including phenoxy) is 2. The fourth-order valence-corrected chi connectivity index (χ4v) is 1.73. The average molecular weight is 275 g/mol. The van der Waals surface area contributed by atoms with Crippen LogP contribution in [0.1, 0.15) is 20.8 Å². The summed E-state index contributed by atoms with van der Waals surface area (Å²) in [5, 5.41) is 11.4. The number of imidazole rings is 1. The number of carbonyl (C=O) groups excluding carboxylic acids is 2. The zero-order valence-electron chi connectivity index (χ0n) is 10.0. The second-order valence-corrected chi connectivity index (χ2v) is 3.95. The normalized spacial score (nSPS) is 12.2. The Morgan fingerprint density at radius 3 is 2.80 bits per heavy atom. The van der Waals surface area contributed by atoms with Crippen LogP contribution in [-0.2, 0) is 0 Å². The molecule has 2 amide bonds. The van der Waals surface area contributed by atoms with Crippen LogP contribution < -0.4 is 14.8 Å². The molecule has 3 N–H and O–H groups in total. The molecule has 0 atom stereocenters. The molecule has 102 valence electrons. The van der Waals surface area contributed by atoms with Gasteiger partial charge in [0.15, 0.2) is 17.2 Å². The van der Waals surface area contributed by atoms with E-state index in [9.17, 15) is 14.7 Å². The number of hydrogen-bond donors (Lipinski definition) is 3. The molecule has 1 aromatic heterocycles. The van der Waals surface area contributed by atoms with Gasteiger partial charge >= 0.3 is 0 Å². The molecule has 0 saturated heterocycles. The lowest BCUT2D eigenvalue weighted by molar-refractivity contribution is 0.0845. The number of carbonyl (C=O) groups is 2. The van der Waals surface area contributed by atoms with Crippen LogP contribution in [0, 0.1) is 0 Å². The third-order valence-electron chi connectivity index (χ3n) is 2.71. The van der Waals surface area contributed by atoms with Gasteiger partial charge in [-0.3, -0.25) is 14.9 Å². The molecule has 0 unspecified atom stereocenters. The third-order valence-corrected chi connectivity index (χ3v) is 2.71. The van der Waals surface area contributed by atoms with Crippen molar-refractivity contribution in [3.05, 3.63) is 35.8 Å². The van der Waals surface area contributed by atoms with Gasteiger partial charge in [-0.1, -0.05) is 0 Å². The molecule has 1 aromatic carbocycles. The predicted octanol–water partition coefficient (Wildman–Crippen LogP) is 0.414. The van der Waals surface area contributed by atoms with Crippen molar-refractivity contribution >= 4 is 11.8 Å². The van der Waals surface area contributed by atoms with Crippen molar-refractivity contribution in [1.29, 1.82) is 0 Å². The van der Waals surface area contributed by atoms with Crippen LogP contribution in [0.3, 0.4) is 0 Å². The number of H-pyrrole nitrogens is 1. The summed E-state index contributed by atoms with van der Waals surface area (Å²) in [5.41, 5.74) is 0.0562. The Labute approximate surface area is 112 Å². The van der Waals surface area contributed by atoms with Crippen molar-refractivity contribution in [2.75, 3.05) is 6.79 Å². The lowest BCUT2D eigenvalue weighted by Gasteiger charge is -2.04. The smallest absolute Gasteiger partial charge is 0.280 e. The van der Waals surface area contributed by atoms with Crippen molar-refractivity contribution in [2.24, 2.45) is 0 Å². The lowest BCUT2D eigenvalue weighted by atomic mass is 10.2. The van der Waals surface area contributed by atoms with E-state index in [1.807, 2.05) is 0 Å². The van der Waals surface area contributed by atoms with Crippen molar-refractivity contribution in [1.82, 2.24) is 15.3 Å². The Bertz CT molecular complexity index is 694. The quantitative estimate of drug-likeness (QED) is 0.684. The van der Waals surface area contributed by atoms with Crippen LogP contribution in [0.2, 0.25) is 0 Å². The Morgan fingerprint density at radius 1 is 1.25 bits per heavy atom. The molecule has 0 saturated carbocycles. The summed E-state index contributed by atoms with van der Waals surface area (Å²) in [6.45, 7) is 0.0986. The number of hydrogen-bond acceptors (Lipinski definition) is 6. The molecule has 0 spiro atoms. The maximum absolute atomic E-state index is 11.9. The number of amides is 2. The number of rotatable bonds is 2. The first kappa shape index (κ1) is 12.0. The van der Waals surface area contributed by atoms with Gasteiger partial charge in [-0.15, -0.1) is 0 Å². The van der Waals surface area contributed by atoms with Gasteiger partial charge in [-0.2, -0.15) is 0 Å². The Kier molecular flexibility index (Phi) is 2.75. The molecular weight excluding hydrogens is 266 g/mol. The minimum Gasteiger partial charge on any atom is -0.492 e. The largest absolute Gasteiger partial charge is 0.492 e. The van der Waals surface area contributed by atoms with Gasteiger partial charge in [0, 0.05) is 5.56 Å². The molecule has 8 nitrogen and oxygen atoms in total. The SMILES string of the molecule is O=C(NC(=O)c1[nH]cnc1O)c1ccc2c(c1)OCO2. The Balaban J connectivity index is 1.77. The topological polar surface area (TPSA) is 114 Å². The maximum atomic E-state index is 11.9. The van der Waals surface area contributed by atoms with Crippen LogP contribution in [0.25, 0.3) is 0 Å².